The molecule has 1 aromatic heterocycles. The van der Waals surface area contributed by atoms with Crippen molar-refractivity contribution in [2.45, 2.75) is 13.6 Å². The summed E-state index contributed by atoms with van der Waals surface area (Å²) in [5.74, 6) is 1.80. The van der Waals surface area contributed by atoms with Gasteiger partial charge >= 0.3 is 0 Å². The molecular formula is C22H26N4O3S. The van der Waals surface area contributed by atoms with E-state index in [4.69, 9.17) is 26.1 Å². The van der Waals surface area contributed by atoms with Crippen LogP contribution in [0.2, 0.25) is 0 Å². The molecule has 1 aliphatic heterocycles. The highest BCUT2D eigenvalue weighted by atomic mass is 32.1. The monoisotopic (exact) mass is 426 g/mol. The van der Waals surface area contributed by atoms with Crippen molar-refractivity contribution in [3.05, 3.63) is 52.9 Å². The van der Waals surface area contributed by atoms with E-state index >= 15 is 0 Å². The molecule has 8 heteroatoms. The minimum absolute atomic E-state index is 0.355. The van der Waals surface area contributed by atoms with E-state index in [2.05, 4.69) is 46.1 Å². The Kier molecular flexibility index (Phi) is 6.06. The lowest BCUT2D eigenvalue weighted by Crippen LogP contribution is -2.47. The second kappa shape index (κ2) is 8.89. The largest absolute Gasteiger partial charge is 0.497 e. The number of benzene rings is 2. The summed E-state index contributed by atoms with van der Waals surface area (Å²) in [5, 5.41) is 4.59. The van der Waals surface area contributed by atoms with Crippen molar-refractivity contribution in [2.75, 3.05) is 45.3 Å². The molecule has 0 aliphatic carbocycles. The van der Waals surface area contributed by atoms with E-state index in [1.54, 1.807) is 18.9 Å². The minimum Gasteiger partial charge on any atom is -0.497 e. The summed E-state index contributed by atoms with van der Waals surface area (Å²) in [5.41, 5.74) is 3.33. The number of hydrogen-bond acceptors (Lipinski definition) is 7. The lowest BCUT2D eigenvalue weighted by molar-refractivity contribution is 0.192. The van der Waals surface area contributed by atoms with E-state index in [-0.39, 0.29) is 0 Å². The van der Waals surface area contributed by atoms with Gasteiger partial charge in [0.15, 0.2) is 0 Å². The summed E-state index contributed by atoms with van der Waals surface area (Å²) in [4.78, 5) is 5.10. The van der Waals surface area contributed by atoms with Gasteiger partial charge in [0.05, 0.1) is 20.9 Å². The molecule has 0 radical (unpaired) electrons. The summed E-state index contributed by atoms with van der Waals surface area (Å²) in [6, 6.07) is 14.2. The maximum Gasteiger partial charge on any atom is 0.288 e. The van der Waals surface area contributed by atoms with Crippen molar-refractivity contribution >= 4 is 17.9 Å². The number of piperazine rings is 1. The average molecular weight is 427 g/mol. The Morgan fingerprint density at radius 1 is 1.00 bits per heavy atom. The molecule has 0 N–H and O–H groups in total. The zero-order valence-corrected chi connectivity index (χ0v) is 18.3. The number of hydrogen-bond donors (Lipinski definition) is 0. The van der Waals surface area contributed by atoms with Crippen molar-refractivity contribution in [1.82, 2.24) is 14.7 Å². The SMILES string of the molecule is COc1cc(OC)cc(-c2nn(CN3CCN(c4cccc(C)c4)CC3)c(=S)o2)c1. The van der Waals surface area contributed by atoms with Crippen LogP contribution in [0.4, 0.5) is 5.69 Å². The van der Waals surface area contributed by atoms with E-state index in [9.17, 15) is 0 Å². The lowest BCUT2D eigenvalue weighted by atomic mass is 10.2. The molecule has 0 atom stereocenters. The van der Waals surface area contributed by atoms with Crippen molar-refractivity contribution < 1.29 is 13.9 Å². The Morgan fingerprint density at radius 3 is 2.33 bits per heavy atom. The van der Waals surface area contributed by atoms with Gasteiger partial charge < -0.3 is 18.8 Å². The quantitative estimate of drug-likeness (QED) is 0.553. The smallest absolute Gasteiger partial charge is 0.288 e. The molecule has 2 aromatic carbocycles. The van der Waals surface area contributed by atoms with Gasteiger partial charge in [-0.15, -0.1) is 5.10 Å². The van der Waals surface area contributed by atoms with E-state index in [0.29, 0.717) is 28.9 Å². The molecule has 3 aromatic rings. The van der Waals surface area contributed by atoms with Crippen LogP contribution in [0.25, 0.3) is 11.5 Å². The van der Waals surface area contributed by atoms with Crippen LogP contribution in [0.1, 0.15) is 5.56 Å². The van der Waals surface area contributed by atoms with Crippen LogP contribution in [0.5, 0.6) is 11.5 Å². The molecule has 0 unspecified atom stereocenters. The van der Waals surface area contributed by atoms with Gasteiger partial charge in [0.25, 0.3) is 4.84 Å². The summed E-state index contributed by atoms with van der Waals surface area (Å²) in [6.45, 7) is 6.53. The number of nitrogens with zero attached hydrogens (tertiary/aromatic N) is 4. The first-order chi connectivity index (χ1) is 14.6. The van der Waals surface area contributed by atoms with Crippen LogP contribution in [0, 0.1) is 11.8 Å². The van der Waals surface area contributed by atoms with E-state index in [1.807, 2.05) is 18.2 Å². The summed E-state index contributed by atoms with van der Waals surface area (Å²) in [7, 11) is 3.23. The molecule has 4 rings (SSSR count). The number of aromatic nitrogens is 2. The van der Waals surface area contributed by atoms with Crippen LogP contribution >= 0.6 is 12.2 Å². The second-order valence-electron chi connectivity index (χ2n) is 7.36. The Labute approximate surface area is 181 Å². The Balaban J connectivity index is 1.44. The standard InChI is InChI=1S/C22H26N4O3S/c1-16-5-4-6-18(11-16)25-9-7-24(8-10-25)15-26-22(30)29-21(23-26)17-12-19(27-2)14-20(13-17)28-3/h4-6,11-14H,7-10,15H2,1-3H3. The molecule has 1 saturated heterocycles. The van der Waals surface area contributed by atoms with E-state index in [1.165, 1.54) is 11.3 Å². The summed E-state index contributed by atoms with van der Waals surface area (Å²) >= 11 is 5.41. The molecule has 30 heavy (non-hydrogen) atoms. The van der Waals surface area contributed by atoms with E-state index in [0.717, 1.165) is 31.7 Å². The fourth-order valence-electron chi connectivity index (χ4n) is 3.60. The minimum atomic E-state index is 0.355. The fraction of sp³-hybridized carbons (Fsp3) is 0.364. The number of anilines is 1. The predicted molar refractivity (Wildman–Crippen MR) is 119 cm³/mol. The lowest BCUT2D eigenvalue weighted by Gasteiger charge is -2.35. The van der Waals surface area contributed by atoms with Crippen LogP contribution in [0.15, 0.2) is 46.9 Å². The Bertz CT molecular complexity index is 1050. The maximum atomic E-state index is 5.76. The summed E-state index contributed by atoms with van der Waals surface area (Å²) in [6.07, 6.45) is 0. The van der Waals surface area contributed by atoms with Crippen molar-refractivity contribution in [3.8, 4) is 23.0 Å². The topological polar surface area (TPSA) is 55.9 Å². The Hall–Kier alpha value is -2.84. The fourth-order valence-corrected chi connectivity index (χ4v) is 3.78. The third kappa shape index (κ3) is 4.49. The first-order valence-electron chi connectivity index (χ1n) is 9.91. The zero-order chi connectivity index (χ0) is 21.1. The molecule has 0 spiro atoms. The van der Waals surface area contributed by atoms with Crippen LogP contribution < -0.4 is 14.4 Å². The molecule has 7 nitrogen and oxygen atoms in total. The van der Waals surface area contributed by atoms with Gasteiger partial charge in [-0.3, -0.25) is 4.90 Å². The molecule has 1 aliphatic rings. The Morgan fingerprint density at radius 2 is 1.70 bits per heavy atom. The van der Waals surface area contributed by atoms with Crippen molar-refractivity contribution in [1.29, 1.82) is 0 Å². The van der Waals surface area contributed by atoms with Crippen molar-refractivity contribution in [2.24, 2.45) is 0 Å². The third-order valence-corrected chi connectivity index (χ3v) is 5.57. The molecular weight excluding hydrogens is 400 g/mol. The van der Waals surface area contributed by atoms with Gasteiger partial charge in [-0.2, -0.15) is 0 Å². The van der Waals surface area contributed by atoms with Gasteiger partial charge in [-0.25, -0.2) is 4.68 Å². The van der Waals surface area contributed by atoms with Crippen molar-refractivity contribution in [3.63, 3.8) is 0 Å². The number of aryl methyl sites for hydroxylation is 1. The van der Waals surface area contributed by atoms with Crippen LogP contribution in [0.3, 0.4) is 0 Å². The molecule has 2 heterocycles. The van der Waals surface area contributed by atoms with Crippen LogP contribution in [-0.4, -0.2) is 55.1 Å². The molecule has 158 valence electrons. The zero-order valence-electron chi connectivity index (χ0n) is 17.5. The van der Waals surface area contributed by atoms with Gasteiger partial charge in [0.1, 0.15) is 11.5 Å². The first kappa shape index (κ1) is 20.4. The number of ether oxygens (including phenoxy) is 2. The normalized spacial score (nSPS) is 14.7. The van der Waals surface area contributed by atoms with Gasteiger partial charge in [-0.05, 0) is 49.0 Å². The highest BCUT2D eigenvalue weighted by Crippen LogP contribution is 2.29. The molecule has 0 bridgehead atoms. The number of methoxy groups -OCH3 is 2. The second-order valence-corrected chi connectivity index (χ2v) is 7.71. The molecule has 1 fully saturated rings. The number of rotatable bonds is 6. The van der Waals surface area contributed by atoms with Gasteiger partial charge in [0.2, 0.25) is 5.89 Å². The maximum absolute atomic E-state index is 5.76. The average Bonchev–Trinajstić information content (AvgIpc) is 3.14. The first-order valence-corrected chi connectivity index (χ1v) is 10.3. The predicted octanol–water partition coefficient (Wildman–Crippen LogP) is 3.98. The highest BCUT2D eigenvalue weighted by Gasteiger charge is 2.19. The molecule has 0 amide bonds. The van der Waals surface area contributed by atoms with E-state index < -0.39 is 0 Å². The van der Waals surface area contributed by atoms with Crippen LogP contribution in [-0.2, 0) is 6.67 Å². The summed E-state index contributed by atoms with van der Waals surface area (Å²) < 4.78 is 18.2. The highest BCUT2D eigenvalue weighted by molar-refractivity contribution is 7.71. The van der Waals surface area contributed by atoms with Gasteiger partial charge in [-0.1, -0.05) is 12.1 Å². The molecule has 0 saturated carbocycles. The third-order valence-electron chi connectivity index (χ3n) is 5.28. The van der Waals surface area contributed by atoms with Gasteiger partial charge in [0, 0.05) is 43.5 Å².